The van der Waals surface area contributed by atoms with Gasteiger partial charge in [0.05, 0.1) is 0 Å². The predicted octanol–water partition coefficient (Wildman–Crippen LogP) is -0.389. The Balaban J connectivity index is 3.00. The van der Waals surface area contributed by atoms with Crippen molar-refractivity contribution in [2.75, 3.05) is 13.1 Å². The summed E-state index contributed by atoms with van der Waals surface area (Å²) in [7, 11) is -1.90. The number of hydrogen-bond acceptors (Lipinski definition) is 4. The highest BCUT2D eigenvalue weighted by Crippen LogP contribution is 2.17. The van der Waals surface area contributed by atoms with Crippen LogP contribution in [0, 0.1) is 0 Å². The van der Waals surface area contributed by atoms with E-state index in [1.165, 1.54) is 0 Å². The first-order chi connectivity index (χ1) is 3.31. The highest BCUT2D eigenvalue weighted by atomic mass is 31.1. The molecule has 0 fully saturated rings. The topological polar surface area (TPSA) is 72.5 Å². The second-order valence-corrected chi connectivity index (χ2v) is 1.98. The van der Waals surface area contributed by atoms with E-state index in [2.05, 4.69) is 4.52 Å². The second kappa shape index (κ2) is 4.15. The molecule has 42 valence electrons. The van der Waals surface area contributed by atoms with Crippen LogP contribution in [-0.2, 0) is 9.09 Å². The average Bonchev–Trinajstić information content (AvgIpc) is 1.68. The van der Waals surface area contributed by atoms with E-state index in [0.717, 1.165) is 0 Å². The Kier molecular flexibility index (Phi) is 4.14. The molecule has 0 spiro atoms. The van der Waals surface area contributed by atoms with Crippen molar-refractivity contribution in [2.45, 2.75) is 0 Å². The van der Waals surface area contributed by atoms with Crippen molar-refractivity contribution in [3.05, 3.63) is 0 Å². The fourth-order valence-electron chi connectivity index (χ4n) is 0.124. The maximum Gasteiger partial charge on any atom is 0.538 e. The molecule has 3 N–H and O–H groups in total. The highest BCUT2D eigenvalue weighted by Gasteiger charge is 2.11. The maximum absolute atomic E-state index is 10.0. The zero-order valence-electron chi connectivity index (χ0n) is 3.70. The van der Waals surface area contributed by atoms with Gasteiger partial charge in [0, 0.05) is 0 Å². The molecule has 5 heteroatoms. The van der Waals surface area contributed by atoms with Gasteiger partial charge in [-0.15, -0.1) is 4.52 Å². The predicted molar refractivity (Wildman–Crippen MR) is 24.8 cm³/mol. The van der Waals surface area contributed by atoms with Crippen LogP contribution in [0.3, 0.4) is 0 Å². The van der Waals surface area contributed by atoms with E-state index in [1.54, 1.807) is 0 Å². The summed E-state index contributed by atoms with van der Waals surface area (Å²) in [5.41, 5.74) is 4.79. The lowest BCUT2D eigenvalue weighted by molar-refractivity contribution is 0.295. The molecule has 0 bridgehead atoms. The molecular weight excluding hydrogens is 117 g/mol. The van der Waals surface area contributed by atoms with Crippen molar-refractivity contribution in [2.24, 2.45) is 5.73 Å². The van der Waals surface area contributed by atoms with Gasteiger partial charge in [0.25, 0.3) is 6.35 Å². The summed E-state index contributed by atoms with van der Waals surface area (Å²) < 4.78 is 14.2. The summed E-state index contributed by atoms with van der Waals surface area (Å²) in [6.07, 6.45) is -0.452. The third-order valence-corrected chi connectivity index (χ3v) is 1.00. The molecule has 1 atom stereocenters. The number of aliphatic hydroxyl groups is 1. The SMILES string of the molecule is NCO[P+](=O)CO. The monoisotopic (exact) mass is 124 g/mol. The van der Waals surface area contributed by atoms with Crippen LogP contribution in [0.5, 0.6) is 0 Å². The van der Waals surface area contributed by atoms with E-state index >= 15 is 0 Å². The van der Waals surface area contributed by atoms with Crippen molar-refractivity contribution in [3.63, 3.8) is 0 Å². The number of nitrogens with two attached hydrogens (primary N) is 1. The summed E-state index contributed by atoms with van der Waals surface area (Å²) in [5, 5.41) is 8.00. The molecule has 0 heterocycles. The van der Waals surface area contributed by atoms with Gasteiger partial charge in [0.15, 0.2) is 6.73 Å². The van der Waals surface area contributed by atoms with Gasteiger partial charge in [-0.3, -0.25) is 0 Å². The molecule has 0 aromatic heterocycles. The molecule has 0 amide bonds. The first-order valence-corrected chi connectivity index (χ1v) is 3.06. The number of aliphatic hydroxyl groups excluding tert-OH is 1. The Morgan fingerprint density at radius 3 is 2.57 bits per heavy atom. The zero-order valence-corrected chi connectivity index (χ0v) is 4.60. The molecule has 7 heavy (non-hydrogen) atoms. The maximum atomic E-state index is 10.0. The summed E-state index contributed by atoms with van der Waals surface area (Å²) in [6.45, 7) is -0.101. The Bertz CT molecular complexity index is 66.0. The molecule has 0 aliphatic rings. The minimum Gasteiger partial charge on any atom is -0.351 e. The number of hydrogen-bond donors (Lipinski definition) is 2. The molecule has 1 unspecified atom stereocenters. The lowest BCUT2D eigenvalue weighted by Crippen LogP contribution is -1.98. The molecule has 0 saturated carbocycles. The molecule has 0 aliphatic carbocycles. The molecule has 0 saturated heterocycles. The van der Waals surface area contributed by atoms with Crippen molar-refractivity contribution in [3.8, 4) is 0 Å². The minimum atomic E-state index is -1.90. The Labute approximate surface area is 42.1 Å². The first kappa shape index (κ1) is 6.98. The van der Waals surface area contributed by atoms with Crippen LogP contribution in [0.15, 0.2) is 0 Å². The van der Waals surface area contributed by atoms with Crippen LogP contribution in [0.1, 0.15) is 0 Å². The van der Waals surface area contributed by atoms with Crippen LogP contribution in [0.4, 0.5) is 0 Å². The van der Waals surface area contributed by atoms with Crippen LogP contribution < -0.4 is 5.73 Å². The van der Waals surface area contributed by atoms with E-state index in [-0.39, 0.29) is 6.73 Å². The Morgan fingerprint density at radius 2 is 2.43 bits per heavy atom. The summed E-state index contributed by atoms with van der Waals surface area (Å²) in [5.74, 6) is 0. The van der Waals surface area contributed by atoms with E-state index in [1.807, 2.05) is 0 Å². The van der Waals surface area contributed by atoms with Gasteiger partial charge in [-0.2, -0.15) is 0 Å². The molecule has 4 nitrogen and oxygen atoms in total. The van der Waals surface area contributed by atoms with Crippen LogP contribution in [-0.4, -0.2) is 18.2 Å². The Morgan fingerprint density at radius 1 is 1.86 bits per heavy atom. The molecular formula is C2H7NO3P+. The first-order valence-electron chi connectivity index (χ1n) is 1.69. The normalized spacial score (nSPS) is 11.4. The van der Waals surface area contributed by atoms with Gasteiger partial charge in [0.2, 0.25) is 0 Å². The third kappa shape index (κ3) is 3.82. The molecule has 0 aromatic rings. The quantitative estimate of drug-likeness (QED) is 0.397. The largest absolute Gasteiger partial charge is 0.538 e. The molecule has 0 aliphatic heterocycles. The van der Waals surface area contributed by atoms with E-state index in [4.69, 9.17) is 10.8 Å². The van der Waals surface area contributed by atoms with Crippen molar-refractivity contribution < 1.29 is 14.2 Å². The highest BCUT2D eigenvalue weighted by molar-refractivity contribution is 7.38. The fraction of sp³-hybridized carbons (Fsp3) is 1.00. The smallest absolute Gasteiger partial charge is 0.351 e. The molecule has 0 radical (unpaired) electrons. The van der Waals surface area contributed by atoms with Gasteiger partial charge in [0.1, 0.15) is 0 Å². The van der Waals surface area contributed by atoms with Crippen molar-refractivity contribution >= 4 is 8.03 Å². The summed E-state index contributed by atoms with van der Waals surface area (Å²) in [6, 6.07) is 0. The van der Waals surface area contributed by atoms with Gasteiger partial charge in [-0.05, 0) is 4.57 Å². The van der Waals surface area contributed by atoms with Crippen LogP contribution in [0.2, 0.25) is 0 Å². The Hall–Kier alpha value is -0.0200. The van der Waals surface area contributed by atoms with Gasteiger partial charge < -0.3 is 10.8 Å². The fourth-order valence-corrected chi connectivity index (χ4v) is 0.372. The van der Waals surface area contributed by atoms with Crippen molar-refractivity contribution in [1.29, 1.82) is 0 Å². The lowest BCUT2D eigenvalue weighted by Gasteiger charge is -1.75. The van der Waals surface area contributed by atoms with Gasteiger partial charge in [-0.25, -0.2) is 0 Å². The van der Waals surface area contributed by atoms with Crippen LogP contribution >= 0.6 is 8.03 Å². The summed E-state index contributed by atoms with van der Waals surface area (Å²) in [4.78, 5) is 0. The van der Waals surface area contributed by atoms with Crippen LogP contribution in [0.25, 0.3) is 0 Å². The van der Waals surface area contributed by atoms with E-state index in [0.29, 0.717) is 0 Å². The van der Waals surface area contributed by atoms with Crippen molar-refractivity contribution in [1.82, 2.24) is 0 Å². The average molecular weight is 124 g/mol. The summed E-state index contributed by atoms with van der Waals surface area (Å²) >= 11 is 0. The standard InChI is InChI=1S/C2H7NO3P/c3-1-6-7(5)2-4/h4H,1-3H2/q+1. The van der Waals surface area contributed by atoms with Gasteiger partial charge in [-0.1, -0.05) is 0 Å². The molecule has 0 aromatic carbocycles. The van der Waals surface area contributed by atoms with Gasteiger partial charge >= 0.3 is 8.03 Å². The second-order valence-electron chi connectivity index (χ2n) is 0.770. The van der Waals surface area contributed by atoms with E-state index < -0.39 is 14.4 Å². The van der Waals surface area contributed by atoms with E-state index in [9.17, 15) is 4.57 Å². The minimum absolute atomic E-state index is 0.101. The number of rotatable bonds is 3. The lowest BCUT2D eigenvalue weighted by atomic mass is 11.4. The third-order valence-electron chi connectivity index (χ3n) is 0.334. The zero-order chi connectivity index (χ0) is 5.70. The molecule has 0 rings (SSSR count).